The zero-order valence-corrected chi connectivity index (χ0v) is 13.1. The van der Waals surface area contributed by atoms with Gasteiger partial charge in [0, 0.05) is 12.1 Å². The largest absolute Gasteiger partial charge is 0.481 e. The number of nitrogens with one attached hydrogen (secondary N) is 1. The summed E-state index contributed by atoms with van der Waals surface area (Å²) in [6.07, 6.45) is 1.19. The second-order valence-electron chi connectivity index (χ2n) is 4.58. The third-order valence-electron chi connectivity index (χ3n) is 2.84. The molecule has 0 aliphatic carbocycles. The van der Waals surface area contributed by atoms with Gasteiger partial charge in [-0.3, -0.25) is 4.79 Å². The molecule has 0 radical (unpaired) electrons. The minimum atomic E-state index is -3.82. The molecule has 1 unspecified atom stereocenters. The number of carboxylic acid groups (broad SMARTS) is 1. The van der Waals surface area contributed by atoms with Gasteiger partial charge in [-0.25, -0.2) is 22.5 Å². The van der Waals surface area contributed by atoms with Gasteiger partial charge in [-0.1, -0.05) is 6.92 Å². The fraction of sp³-hybridized carbons (Fsp3) is 0.231. The second-order valence-corrected chi connectivity index (χ2v) is 7.61. The van der Waals surface area contributed by atoms with E-state index in [4.69, 9.17) is 5.11 Å². The lowest BCUT2D eigenvalue weighted by Crippen LogP contribution is -2.31. The highest BCUT2D eigenvalue weighted by Crippen LogP contribution is 2.27. The highest BCUT2D eigenvalue weighted by molar-refractivity contribution is 7.91. The van der Waals surface area contributed by atoms with E-state index in [1.807, 2.05) is 0 Å². The van der Waals surface area contributed by atoms with E-state index in [0.717, 1.165) is 11.3 Å². The van der Waals surface area contributed by atoms with Crippen molar-refractivity contribution in [2.45, 2.75) is 11.1 Å². The van der Waals surface area contributed by atoms with E-state index in [9.17, 15) is 17.6 Å². The van der Waals surface area contributed by atoms with Crippen LogP contribution in [0.2, 0.25) is 0 Å². The van der Waals surface area contributed by atoms with Crippen molar-refractivity contribution in [3.8, 4) is 10.6 Å². The quantitative estimate of drug-likeness (QED) is 0.835. The van der Waals surface area contributed by atoms with E-state index in [-0.39, 0.29) is 10.8 Å². The van der Waals surface area contributed by atoms with E-state index in [0.29, 0.717) is 10.6 Å². The Kier molecular flexibility index (Phi) is 4.89. The van der Waals surface area contributed by atoms with Gasteiger partial charge < -0.3 is 5.11 Å². The number of hydrogen-bond donors (Lipinski definition) is 2. The van der Waals surface area contributed by atoms with Crippen molar-refractivity contribution < 1.29 is 22.7 Å². The highest BCUT2D eigenvalue weighted by atomic mass is 32.2. The first-order chi connectivity index (χ1) is 10.3. The summed E-state index contributed by atoms with van der Waals surface area (Å²) >= 11 is 0.927. The molecule has 22 heavy (non-hydrogen) atoms. The number of halogens is 1. The highest BCUT2D eigenvalue weighted by Gasteiger charge is 2.21. The Labute approximate surface area is 130 Å². The van der Waals surface area contributed by atoms with Gasteiger partial charge in [-0.05, 0) is 24.3 Å². The molecule has 0 saturated heterocycles. The molecule has 0 aliphatic heterocycles. The van der Waals surface area contributed by atoms with E-state index >= 15 is 0 Å². The maximum Gasteiger partial charge on any atom is 0.307 e. The first-order valence-electron chi connectivity index (χ1n) is 6.24. The van der Waals surface area contributed by atoms with E-state index < -0.39 is 27.7 Å². The maximum atomic E-state index is 12.9. The number of thiazole rings is 1. The number of aliphatic carboxylic acids is 1. The van der Waals surface area contributed by atoms with Gasteiger partial charge in [-0.15, -0.1) is 11.3 Å². The van der Waals surface area contributed by atoms with Gasteiger partial charge in [0.25, 0.3) is 10.0 Å². The average Bonchev–Trinajstić information content (AvgIpc) is 2.96. The average molecular weight is 344 g/mol. The molecule has 1 atom stereocenters. The summed E-state index contributed by atoms with van der Waals surface area (Å²) in [7, 11) is -3.82. The summed E-state index contributed by atoms with van der Waals surface area (Å²) < 4.78 is 39.2. The Balaban J connectivity index is 2.16. The van der Waals surface area contributed by atoms with Crippen molar-refractivity contribution in [1.82, 2.24) is 9.71 Å². The first kappa shape index (κ1) is 16.5. The molecule has 0 spiro atoms. The SMILES string of the molecule is CC(CNS(=O)(=O)c1cnc(-c2ccc(F)cc2)s1)C(=O)O. The van der Waals surface area contributed by atoms with Crippen LogP contribution in [0.1, 0.15) is 6.92 Å². The summed E-state index contributed by atoms with van der Waals surface area (Å²) in [6, 6.07) is 5.53. The Bertz CT molecular complexity index is 772. The topological polar surface area (TPSA) is 96.4 Å². The Morgan fingerprint density at radius 2 is 2.05 bits per heavy atom. The molecule has 1 aromatic heterocycles. The van der Waals surface area contributed by atoms with Crippen molar-refractivity contribution >= 4 is 27.3 Å². The third-order valence-corrected chi connectivity index (χ3v) is 5.77. The van der Waals surface area contributed by atoms with Crippen molar-refractivity contribution in [1.29, 1.82) is 0 Å². The lowest BCUT2D eigenvalue weighted by atomic mass is 10.2. The molecule has 6 nitrogen and oxygen atoms in total. The number of aromatic nitrogens is 1. The number of carbonyl (C=O) groups is 1. The first-order valence-corrected chi connectivity index (χ1v) is 8.54. The monoisotopic (exact) mass is 344 g/mol. The van der Waals surface area contributed by atoms with E-state index in [2.05, 4.69) is 9.71 Å². The predicted octanol–water partition coefficient (Wildman–Crippen LogP) is 1.95. The molecule has 2 N–H and O–H groups in total. The minimum absolute atomic E-state index is 0.0237. The van der Waals surface area contributed by atoms with Crippen LogP contribution in [0.15, 0.2) is 34.7 Å². The molecule has 118 valence electrons. The van der Waals surface area contributed by atoms with Crippen LogP contribution in [0.4, 0.5) is 4.39 Å². The molecule has 0 fully saturated rings. The zero-order valence-electron chi connectivity index (χ0n) is 11.5. The lowest BCUT2D eigenvalue weighted by Gasteiger charge is -2.07. The Morgan fingerprint density at radius 3 is 2.64 bits per heavy atom. The number of nitrogens with zero attached hydrogens (tertiary/aromatic N) is 1. The normalized spacial score (nSPS) is 13.0. The molecule has 0 saturated carbocycles. The zero-order chi connectivity index (χ0) is 16.3. The van der Waals surface area contributed by atoms with Crippen molar-refractivity contribution in [2.24, 2.45) is 5.92 Å². The minimum Gasteiger partial charge on any atom is -0.481 e. The van der Waals surface area contributed by atoms with E-state index in [1.165, 1.54) is 37.4 Å². The fourth-order valence-corrected chi connectivity index (χ4v) is 3.81. The van der Waals surface area contributed by atoms with Gasteiger partial charge in [0.05, 0.1) is 12.1 Å². The number of carboxylic acids is 1. The molecular formula is C13H13FN2O4S2. The van der Waals surface area contributed by atoms with Gasteiger partial charge >= 0.3 is 5.97 Å². The molecule has 9 heteroatoms. The van der Waals surface area contributed by atoms with Crippen LogP contribution < -0.4 is 4.72 Å². The summed E-state index contributed by atoms with van der Waals surface area (Å²) in [6.45, 7) is 1.20. The van der Waals surface area contributed by atoms with Gasteiger partial charge in [0.2, 0.25) is 0 Å². The molecule has 0 bridgehead atoms. The molecule has 2 rings (SSSR count). The number of benzene rings is 1. The predicted molar refractivity (Wildman–Crippen MR) is 79.5 cm³/mol. The number of hydrogen-bond acceptors (Lipinski definition) is 5. The van der Waals surface area contributed by atoms with Crippen molar-refractivity contribution in [3.63, 3.8) is 0 Å². The van der Waals surface area contributed by atoms with Crippen LogP contribution in [0.25, 0.3) is 10.6 Å². The Morgan fingerprint density at radius 1 is 1.41 bits per heavy atom. The molecular weight excluding hydrogens is 331 g/mol. The van der Waals surface area contributed by atoms with Crippen molar-refractivity contribution in [2.75, 3.05) is 6.54 Å². The number of rotatable bonds is 6. The van der Waals surface area contributed by atoms with Crippen LogP contribution in [0, 0.1) is 11.7 Å². The third kappa shape index (κ3) is 3.87. The standard InChI is InChI=1S/C13H13FN2O4S2/c1-8(13(17)18)6-16-22(19,20)11-7-15-12(21-11)9-2-4-10(14)5-3-9/h2-5,7-8,16H,6H2,1H3,(H,17,18). The van der Waals surface area contributed by atoms with Gasteiger partial charge in [0.1, 0.15) is 10.8 Å². The van der Waals surface area contributed by atoms with Crippen LogP contribution in [0.3, 0.4) is 0 Å². The molecule has 0 amide bonds. The molecule has 1 heterocycles. The Hall–Kier alpha value is -1.84. The summed E-state index contributed by atoms with van der Waals surface area (Å²) in [5, 5.41) is 9.19. The van der Waals surface area contributed by atoms with Crippen LogP contribution in [-0.2, 0) is 14.8 Å². The second kappa shape index (κ2) is 6.51. The van der Waals surface area contributed by atoms with E-state index in [1.54, 1.807) is 0 Å². The van der Waals surface area contributed by atoms with Crippen LogP contribution in [-0.4, -0.2) is 31.0 Å². The van der Waals surface area contributed by atoms with Crippen LogP contribution >= 0.6 is 11.3 Å². The fourth-order valence-electron chi connectivity index (χ4n) is 1.50. The smallest absolute Gasteiger partial charge is 0.307 e. The lowest BCUT2D eigenvalue weighted by molar-refractivity contribution is -0.140. The van der Waals surface area contributed by atoms with Gasteiger partial charge in [0.15, 0.2) is 4.21 Å². The molecule has 1 aromatic carbocycles. The molecule has 0 aliphatic rings. The maximum absolute atomic E-state index is 12.9. The van der Waals surface area contributed by atoms with Crippen LogP contribution in [0.5, 0.6) is 0 Å². The molecule has 2 aromatic rings. The summed E-state index contributed by atoms with van der Waals surface area (Å²) in [5.74, 6) is -2.31. The summed E-state index contributed by atoms with van der Waals surface area (Å²) in [5.41, 5.74) is 0.603. The van der Waals surface area contributed by atoms with Crippen molar-refractivity contribution in [3.05, 3.63) is 36.3 Å². The van der Waals surface area contributed by atoms with Gasteiger partial charge in [-0.2, -0.15) is 0 Å². The number of sulfonamides is 1. The summed E-state index contributed by atoms with van der Waals surface area (Å²) in [4.78, 5) is 14.7.